The fourth-order valence-electron chi connectivity index (χ4n) is 5.13. The van der Waals surface area contributed by atoms with Gasteiger partial charge in [-0.2, -0.15) is 5.10 Å². The van der Waals surface area contributed by atoms with Crippen molar-refractivity contribution < 1.29 is 14.3 Å². The highest BCUT2D eigenvalue weighted by Crippen LogP contribution is 2.28. The number of carbonyl (C=O) groups excluding carboxylic acids is 1. The quantitative estimate of drug-likeness (QED) is 0.107. The van der Waals surface area contributed by atoms with E-state index in [1.807, 2.05) is 45.9 Å². The summed E-state index contributed by atoms with van der Waals surface area (Å²) in [6.45, 7) is 9.89. The smallest absolute Gasteiger partial charge is 0.328 e. The summed E-state index contributed by atoms with van der Waals surface area (Å²) in [6, 6.07) is 5.83. The van der Waals surface area contributed by atoms with Crippen LogP contribution >= 0.6 is 0 Å². The highest BCUT2D eigenvalue weighted by molar-refractivity contribution is 5.85. The molecule has 0 fully saturated rings. The van der Waals surface area contributed by atoms with Gasteiger partial charge in [0, 0.05) is 5.39 Å². The van der Waals surface area contributed by atoms with E-state index in [1.165, 1.54) is 83.5 Å². The van der Waals surface area contributed by atoms with Gasteiger partial charge in [0.25, 0.3) is 0 Å². The van der Waals surface area contributed by atoms with Gasteiger partial charge in [-0.15, -0.1) is 0 Å². The van der Waals surface area contributed by atoms with E-state index in [1.54, 1.807) is 17.1 Å². The topological polar surface area (TPSA) is 79.1 Å². The normalized spacial score (nSPS) is 11.7. The van der Waals surface area contributed by atoms with Gasteiger partial charge >= 0.3 is 5.97 Å². The number of ether oxygens (including phenoxy) is 2. The molecule has 226 valence electrons. The van der Waals surface area contributed by atoms with Crippen LogP contribution in [0.5, 0.6) is 11.6 Å². The lowest BCUT2D eigenvalue weighted by Crippen LogP contribution is -2.26. The van der Waals surface area contributed by atoms with Gasteiger partial charge < -0.3 is 9.47 Å². The largest absolute Gasteiger partial charge is 0.459 e. The van der Waals surface area contributed by atoms with Gasteiger partial charge in [0.1, 0.15) is 17.9 Å². The van der Waals surface area contributed by atoms with Crippen LogP contribution < -0.4 is 4.74 Å². The Morgan fingerprint density at radius 1 is 0.829 bits per heavy atom. The Balaban J connectivity index is 1.51. The molecule has 3 aromatic rings. The van der Waals surface area contributed by atoms with Crippen molar-refractivity contribution in [2.24, 2.45) is 0 Å². The molecule has 0 aliphatic rings. The van der Waals surface area contributed by atoms with Crippen molar-refractivity contribution >= 4 is 16.9 Å². The molecule has 0 aliphatic heterocycles. The van der Waals surface area contributed by atoms with E-state index >= 15 is 0 Å². The average Bonchev–Trinajstić information content (AvgIpc) is 3.25. The number of aromatic nitrogens is 4. The number of aryl methyl sites for hydroxylation is 2. The van der Waals surface area contributed by atoms with Gasteiger partial charge in [-0.05, 0) is 58.7 Å². The third-order valence-electron chi connectivity index (χ3n) is 7.24. The second-order valence-corrected chi connectivity index (χ2v) is 12.3. The molecular weight excluding hydrogens is 512 g/mol. The monoisotopic (exact) mass is 564 g/mol. The standard InChI is InChI=1S/C34H52N4O3/c1-6-7-8-9-10-11-12-13-14-15-16-17-18-19-20-30-29-23-28(40-32-25-35-27(2)24-36-32)21-22-31(29)38(37-30)26-33(39)41-34(3,4)5/h21-25H,6-20,26H2,1-5H3. The second-order valence-electron chi connectivity index (χ2n) is 12.3. The Labute approximate surface area is 247 Å². The van der Waals surface area contributed by atoms with Crippen LogP contribution in [-0.4, -0.2) is 31.3 Å². The molecule has 1 aromatic carbocycles. The molecule has 0 N–H and O–H groups in total. The van der Waals surface area contributed by atoms with Crippen molar-refractivity contribution in [3.63, 3.8) is 0 Å². The van der Waals surface area contributed by atoms with Gasteiger partial charge in [-0.25, -0.2) is 4.98 Å². The summed E-state index contributed by atoms with van der Waals surface area (Å²) in [7, 11) is 0. The van der Waals surface area contributed by atoms with Crippen molar-refractivity contribution in [2.45, 2.75) is 143 Å². The predicted molar refractivity (Wildman–Crippen MR) is 166 cm³/mol. The lowest BCUT2D eigenvalue weighted by atomic mass is 10.0. The maximum Gasteiger partial charge on any atom is 0.328 e. The zero-order valence-electron chi connectivity index (χ0n) is 26.2. The van der Waals surface area contributed by atoms with Gasteiger partial charge in [-0.1, -0.05) is 90.4 Å². The van der Waals surface area contributed by atoms with Crippen LogP contribution in [0, 0.1) is 6.92 Å². The molecular formula is C34H52N4O3. The summed E-state index contributed by atoms with van der Waals surface area (Å²) in [6.07, 6.45) is 22.8. The molecule has 0 atom stereocenters. The zero-order valence-corrected chi connectivity index (χ0v) is 26.2. The maximum absolute atomic E-state index is 12.6. The predicted octanol–water partition coefficient (Wildman–Crippen LogP) is 9.29. The number of esters is 1. The number of carbonyl (C=O) groups is 1. The Morgan fingerprint density at radius 2 is 1.44 bits per heavy atom. The zero-order chi connectivity index (χ0) is 29.5. The molecule has 0 saturated heterocycles. The average molecular weight is 565 g/mol. The number of hydrogen-bond donors (Lipinski definition) is 0. The van der Waals surface area contributed by atoms with E-state index in [0.29, 0.717) is 11.6 Å². The van der Waals surface area contributed by atoms with Crippen LogP contribution in [0.15, 0.2) is 30.6 Å². The number of fused-ring (bicyclic) bond motifs is 1. The number of unbranched alkanes of at least 4 members (excludes halogenated alkanes) is 13. The van der Waals surface area contributed by atoms with Crippen LogP contribution in [-0.2, 0) is 22.5 Å². The van der Waals surface area contributed by atoms with E-state index in [9.17, 15) is 4.79 Å². The Morgan fingerprint density at radius 3 is 2.00 bits per heavy atom. The van der Waals surface area contributed by atoms with Crippen LogP contribution in [0.2, 0.25) is 0 Å². The van der Waals surface area contributed by atoms with Crippen LogP contribution in [0.1, 0.15) is 129 Å². The Bertz CT molecular complexity index is 1180. The van der Waals surface area contributed by atoms with Gasteiger partial charge in [0.15, 0.2) is 0 Å². The van der Waals surface area contributed by atoms with Crippen molar-refractivity contribution in [1.29, 1.82) is 0 Å². The SMILES string of the molecule is CCCCCCCCCCCCCCCCc1nn(CC(=O)OC(C)(C)C)c2ccc(Oc3cnc(C)cn3)cc12. The molecule has 0 spiro atoms. The van der Waals surface area contributed by atoms with E-state index in [4.69, 9.17) is 14.6 Å². The highest BCUT2D eigenvalue weighted by atomic mass is 16.6. The Hall–Kier alpha value is -2.96. The van der Waals surface area contributed by atoms with Gasteiger partial charge in [0.2, 0.25) is 5.88 Å². The molecule has 0 bridgehead atoms. The molecule has 0 saturated carbocycles. The van der Waals surface area contributed by atoms with Gasteiger partial charge in [0.05, 0.1) is 29.3 Å². The van der Waals surface area contributed by atoms with E-state index < -0.39 is 5.60 Å². The summed E-state index contributed by atoms with van der Waals surface area (Å²) >= 11 is 0. The number of nitrogens with zero attached hydrogens (tertiary/aromatic N) is 4. The molecule has 41 heavy (non-hydrogen) atoms. The first-order valence-electron chi connectivity index (χ1n) is 15.9. The minimum Gasteiger partial charge on any atom is -0.459 e. The lowest BCUT2D eigenvalue weighted by Gasteiger charge is -2.19. The molecule has 3 rings (SSSR count). The van der Waals surface area contributed by atoms with Crippen LogP contribution in [0.25, 0.3) is 10.9 Å². The molecule has 2 aromatic heterocycles. The first-order chi connectivity index (χ1) is 19.7. The fourth-order valence-corrected chi connectivity index (χ4v) is 5.13. The van der Waals surface area contributed by atoms with E-state index in [-0.39, 0.29) is 12.5 Å². The summed E-state index contributed by atoms with van der Waals surface area (Å²) in [4.78, 5) is 21.2. The third-order valence-corrected chi connectivity index (χ3v) is 7.24. The van der Waals surface area contributed by atoms with E-state index in [0.717, 1.165) is 35.1 Å². The van der Waals surface area contributed by atoms with Crippen molar-refractivity contribution in [3.05, 3.63) is 42.0 Å². The van der Waals surface area contributed by atoms with Gasteiger partial charge in [-0.3, -0.25) is 14.5 Å². The molecule has 0 aliphatic carbocycles. The van der Waals surface area contributed by atoms with E-state index in [2.05, 4.69) is 16.9 Å². The fraction of sp³-hybridized carbons (Fsp3) is 0.647. The number of hydrogen-bond acceptors (Lipinski definition) is 6. The lowest BCUT2D eigenvalue weighted by molar-refractivity contribution is -0.155. The van der Waals surface area contributed by atoms with Crippen molar-refractivity contribution in [1.82, 2.24) is 19.7 Å². The summed E-state index contributed by atoms with van der Waals surface area (Å²) in [5, 5.41) is 5.85. The molecule has 0 amide bonds. The number of rotatable bonds is 19. The molecule has 0 radical (unpaired) electrons. The Kier molecular flexibility index (Phi) is 13.6. The minimum atomic E-state index is -0.535. The first-order valence-corrected chi connectivity index (χ1v) is 15.9. The maximum atomic E-state index is 12.6. The molecule has 0 unspecified atom stereocenters. The first kappa shape index (κ1) is 32.6. The van der Waals surface area contributed by atoms with Crippen molar-refractivity contribution in [3.8, 4) is 11.6 Å². The van der Waals surface area contributed by atoms with Crippen LogP contribution in [0.4, 0.5) is 0 Å². The molecule has 7 heteroatoms. The molecule has 7 nitrogen and oxygen atoms in total. The summed E-state index contributed by atoms with van der Waals surface area (Å²) in [5.74, 6) is 0.833. The molecule has 2 heterocycles. The van der Waals surface area contributed by atoms with Crippen molar-refractivity contribution in [2.75, 3.05) is 0 Å². The second kappa shape index (κ2) is 17.1. The highest BCUT2D eigenvalue weighted by Gasteiger charge is 2.19. The third kappa shape index (κ3) is 12.2. The summed E-state index contributed by atoms with van der Waals surface area (Å²) < 4.78 is 13.3. The number of benzene rings is 1. The minimum absolute atomic E-state index is 0.0795. The summed E-state index contributed by atoms with van der Waals surface area (Å²) in [5.41, 5.74) is 2.20. The van der Waals surface area contributed by atoms with Crippen LogP contribution in [0.3, 0.4) is 0 Å².